The van der Waals surface area contributed by atoms with Crippen molar-refractivity contribution in [2.75, 3.05) is 53.4 Å². The van der Waals surface area contributed by atoms with Gasteiger partial charge in [0, 0.05) is 39.1 Å². The van der Waals surface area contributed by atoms with E-state index in [2.05, 4.69) is 58.2 Å². The first-order valence-electron chi connectivity index (χ1n) is 9.53. The quantitative estimate of drug-likeness (QED) is 0.580. The summed E-state index contributed by atoms with van der Waals surface area (Å²) >= 11 is 0. The lowest BCUT2D eigenvalue weighted by atomic mass is 9.98. The van der Waals surface area contributed by atoms with E-state index in [1.165, 1.54) is 24.9 Å². The molecule has 0 radical (unpaired) electrons. The van der Waals surface area contributed by atoms with Crippen LogP contribution in [0.3, 0.4) is 0 Å². The predicted octanol–water partition coefficient (Wildman–Crippen LogP) is 2.79. The van der Waals surface area contributed by atoms with Gasteiger partial charge in [0.05, 0.1) is 7.11 Å². The molecule has 1 saturated heterocycles. The monoisotopic (exact) mass is 346 g/mol. The minimum atomic E-state index is 0.566. The standard InChI is InChI=1S/C20H34N4O/c1-5-13-23(6-2)15-12-22-20(21-3)24-14-11-18(16-24)17-7-9-19(25-4)10-8-17/h7-10,18H,5-6,11-16H2,1-4H3,(H,21,22). The summed E-state index contributed by atoms with van der Waals surface area (Å²) in [5.41, 5.74) is 1.39. The van der Waals surface area contributed by atoms with Gasteiger partial charge in [-0.05, 0) is 43.6 Å². The van der Waals surface area contributed by atoms with Crippen LogP contribution >= 0.6 is 0 Å². The zero-order valence-corrected chi connectivity index (χ0v) is 16.3. The molecule has 5 heteroatoms. The summed E-state index contributed by atoms with van der Waals surface area (Å²) in [6.45, 7) is 10.8. The number of benzene rings is 1. The Balaban J connectivity index is 1.83. The van der Waals surface area contributed by atoms with Crippen molar-refractivity contribution in [3.63, 3.8) is 0 Å². The number of likely N-dealkylation sites (tertiary alicyclic amines) is 1. The molecule has 0 aromatic heterocycles. The number of likely N-dealkylation sites (N-methyl/N-ethyl adjacent to an activating group) is 1. The van der Waals surface area contributed by atoms with Gasteiger partial charge in [-0.2, -0.15) is 0 Å². The summed E-state index contributed by atoms with van der Waals surface area (Å²) in [6.07, 6.45) is 2.38. The Morgan fingerprint density at radius 3 is 2.64 bits per heavy atom. The van der Waals surface area contributed by atoms with Gasteiger partial charge in [-0.3, -0.25) is 4.99 Å². The number of methoxy groups -OCH3 is 1. The number of hydrogen-bond acceptors (Lipinski definition) is 3. The highest BCUT2D eigenvalue weighted by atomic mass is 16.5. The first-order valence-corrected chi connectivity index (χ1v) is 9.53. The van der Waals surface area contributed by atoms with E-state index < -0.39 is 0 Å². The second-order valence-electron chi connectivity index (χ2n) is 6.61. The highest BCUT2D eigenvalue weighted by Gasteiger charge is 2.26. The van der Waals surface area contributed by atoms with E-state index in [9.17, 15) is 0 Å². The van der Waals surface area contributed by atoms with Crippen LogP contribution in [0, 0.1) is 0 Å². The van der Waals surface area contributed by atoms with E-state index in [1.54, 1.807) is 7.11 Å². The highest BCUT2D eigenvalue weighted by Crippen LogP contribution is 2.28. The predicted molar refractivity (Wildman–Crippen MR) is 106 cm³/mol. The number of rotatable bonds is 8. The summed E-state index contributed by atoms with van der Waals surface area (Å²) in [6, 6.07) is 8.48. The van der Waals surface area contributed by atoms with Crippen LogP contribution in [0.2, 0.25) is 0 Å². The lowest BCUT2D eigenvalue weighted by molar-refractivity contribution is 0.291. The number of nitrogens with zero attached hydrogens (tertiary/aromatic N) is 3. The maximum Gasteiger partial charge on any atom is 0.193 e. The fraction of sp³-hybridized carbons (Fsp3) is 0.650. The molecule has 1 aromatic rings. The van der Waals surface area contributed by atoms with Gasteiger partial charge in [0.25, 0.3) is 0 Å². The number of ether oxygens (including phenoxy) is 1. The summed E-state index contributed by atoms with van der Waals surface area (Å²) in [7, 11) is 3.59. The molecule has 0 amide bonds. The van der Waals surface area contributed by atoms with Crippen molar-refractivity contribution in [1.82, 2.24) is 15.1 Å². The van der Waals surface area contributed by atoms with Crippen LogP contribution in [0.5, 0.6) is 5.75 Å². The number of guanidine groups is 1. The lowest BCUT2D eigenvalue weighted by Crippen LogP contribution is -2.43. The van der Waals surface area contributed by atoms with E-state index >= 15 is 0 Å². The number of aliphatic imine (C=N–C) groups is 1. The Kier molecular flexibility index (Phi) is 8.06. The second-order valence-corrected chi connectivity index (χ2v) is 6.61. The average molecular weight is 347 g/mol. The normalized spacial score (nSPS) is 18.0. The van der Waals surface area contributed by atoms with Crippen LogP contribution < -0.4 is 10.1 Å². The summed E-state index contributed by atoms with van der Waals surface area (Å²) in [5, 5.41) is 3.54. The summed E-state index contributed by atoms with van der Waals surface area (Å²) in [5.74, 6) is 2.52. The first kappa shape index (κ1) is 19.6. The maximum absolute atomic E-state index is 5.26. The molecular weight excluding hydrogens is 312 g/mol. The van der Waals surface area contributed by atoms with Crippen LogP contribution in [-0.4, -0.2) is 69.2 Å². The second kappa shape index (κ2) is 10.3. The molecule has 0 bridgehead atoms. The summed E-state index contributed by atoms with van der Waals surface area (Å²) in [4.78, 5) is 9.34. The molecule has 1 fully saturated rings. The van der Waals surface area contributed by atoms with Crippen LogP contribution in [-0.2, 0) is 0 Å². The molecule has 5 nitrogen and oxygen atoms in total. The molecule has 0 saturated carbocycles. The molecule has 1 unspecified atom stereocenters. The Bertz CT molecular complexity index is 529. The topological polar surface area (TPSA) is 40.1 Å². The van der Waals surface area contributed by atoms with Crippen LogP contribution in [0.1, 0.15) is 38.2 Å². The van der Waals surface area contributed by atoms with E-state index in [4.69, 9.17) is 4.74 Å². The van der Waals surface area contributed by atoms with E-state index in [1.807, 2.05) is 7.05 Å². The SMILES string of the molecule is CCCN(CC)CCNC(=NC)N1CCC(c2ccc(OC)cc2)C1. The van der Waals surface area contributed by atoms with Crippen molar-refractivity contribution in [2.45, 2.75) is 32.6 Å². The highest BCUT2D eigenvalue weighted by molar-refractivity contribution is 5.80. The molecule has 1 atom stereocenters. The van der Waals surface area contributed by atoms with Crippen molar-refractivity contribution in [3.05, 3.63) is 29.8 Å². The van der Waals surface area contributed by atoms with Crippen molar-refractivity contribution in [1.29, 1.82) is 0 Å². The van der Waals surface area contributed by atoms with Crippen LogP contribution in [0.4, 0.5) is 0 Å². The zero-order chi connectivity index (χ0) is 18.1. The molecule has 140 valence electrons. The van der Waals surface area contributed by atoms with Crippen molar-refractivity contribution < 1.29 is 4.74 Å². The molecule has 0 aliphatic carbocycles. The average Bonchev–Trinajstić information content (AvgIpc) is 3.14. The van der Waals surface area contributed by atoms with E-state index in [0.717, 1.165) is 44.4 Å². The van der Waals surface area contributed by atoms with Gasteiger partial charge >= 0.3 is 0 Å². The third-order valence-corrected chi connectivity index (χ3v) is 4.98. The molecule has 1 aliphatic rings. The minimum absolute atomic E-state index is 0.566. The summed E-state index contributed by atoms with van der Waals surface area (Å²) < 4.78 is 5.26. The molecule has 1 aromatic carbocycles. The van der Waals surface area contributed by atoms with Gasteiger partial charge < -0.3 is 19.9 Å². The van der Waals surface area contributed by atoms with E-state index in [0.29, 0.717) is 5.92 Å². The molecule has 2 rings (SSSR count). The lowest BCUT2D eigenvalue weighted by Gasteiger charge is -2.24. The van der Waals surface area contributed by atoms with Gasteiger partial charge in [-0.25, -0.2) is 0 Å². The smallest absolute Gasteiger partial charge is 0.193 e. The maximum atomic E-state index is 5.26. The van der Waals surface area contributed by atoms with Crippen LogP contribution in [0.25, 0.3) is 0 Å². The van der Waals surface area contributed by atoms with Crippen molar-refractivity contribution >= 4 is 5.96 Å². The Morgan fingerprint density at radius 1 is 1.28 bits per heavy atom. The number of hydrogen-bond donors (Lipinski definition) is 1. The van der Waals surface area contributed by atoms with Crippen molar-refractivity contribution in [3.8, 4) is 5.75 Å². The number of nitrogens with one attached hydrogen (secondary N) is 1. The van der Waals surface area contributed by atoms with Gasteiger partial charge in [-0.1, -0.05) is 26.0 Å². The van der Waals surface area contributed by atoms with Crippen molar-refractivity contribution in [2.24, 2.45) is 4.99 Å². The third-order valence-electron chi connectivity index (χ3n) is 4.98. The molecule has 1 N–H and O–H groups in total. The molecule has 1 heterocycles. The van der Waals surface area contributed by atoms with Gasteiger partial charge in [-0.15, -0.1) is 0 Å². The molecule has 25 heavy (non-hydrogen) atoms. The van der Waals surface area contributed by atoms with E-state index in [-0.39, 0.29) is 0 Å². The molecule has 0 spiro atoms. The van der Waals surface area contributed by atoms with Gasteiger partial charge in [0.15, 0.2) is 5.96 Å². The fourth-order valence-corrected chi connectivity index (χ4v) is 3.50. The third kappa shape index (κ3) is 5.63. The van der Waals surface area contributed by atoms with Crippen LogP contribution in [0.15, 0.2) is 29.3 Å². The Labute approximate surface area is 153 Å². The fourth-order valence-electron chi connectivity index (χ4n) is 3.50. The van der Waals surface area contributed by atoms with Gasteiger partial charge in [0.2, 0.25) is 0 Å². The largest absolute Gasteiger partial charge is 0.497 e. The Morgan fingerprint density at radius 2 is 2.04 bits per heavy atom. The molecular formula is C20H34N4O. The van der Waals surface area contributed by atoms with Gasteiger partial charge in [0.1, 0.15) is 5.75 Å². The zero-order valence-electron chi connectivity index (χ0n) is 16.3. The Hall–Kier alpha value is -1.75. The first-order chi connectivity index (χ1) is 12.2. The minimum Gasteiger partial charge on any atom is -0.497 e. The molecule has 1 aliphatic heterocycles.